The number of nitrogens with zero attached hydrogens (tertiary/aromatic N) is 1. The van der Waals surface area contributed by atoms with E-state index in [1.54, 1.807) is 25.6 Å². The minimum absolute atomic E-state index is 0.164. The average Bonchev–Trinajstić information content (AvgIpc) is 2.91. The molecule has 18 heavy (non-hydrogen) atoms. The summed E-state index contributed by atoms with van der Waals surface area (Å²) in [6.45, 7) is 0. The molecule has 5 heteroatoms. The number of benzene rings is 1. The van der Waals surface area contributed by atoms with Crippen molar-refractivity contribution in [3.8, 4) is 17.1 Å². The standard InChI is InChI=1S/C13H11N3O2/c1-18-9-2-3-11-8(6-9)7-10(13(17)16-11)12-14-4-5-15-12/h2-7H,1H3,(H,14,15)(H,16,17). The lowest BCUT2D eigenvalue weighted by atomic mass is 10.1. The molecule has 0 bridgehead atoms. The monoisotopic (exact) mass is 241 g/mol. The second kappa shape index (κ2) is 4.03. The topological polar surface area (TPSA) is 70.8 Å². The third-order valence-electron chi connectivity index (χ3n) is 2.80. The fourth-order valence-corrected chi connectivity index (χ4v) is 1.90. The van der Waals surface area contributed by atoms with Gasteiger partial charge in [0.2, 0.25) is 0 Å². The fourth-order valence-electron chi connectivity index (χ4n) is 1.90. The Balaban J connectivity index is 2.28. The first-order valence-corrected chi connectivity index (χ1v) is 5.49. The number of pyridine rings is 1. The smallest absolute Gasteiger partial charge is 0.259 e. The molecule has 3 aromatic rings. The Labute approximate surface area is 102 Å². The Hall–Kier alpha value is -2.56. The molecule has 0 spiro atoms. The van der Waals surface area contributed by atoms with Gasteiger partial charge in [0.25, 0.3) is 5.56 Å². The van der Waals surface area contributed by atoms with E-state index < -0.39 is 0 Å². The summed E-state index contributed by atoms with van der Waals surface area (Å²) in [5, 5.41) is 0.903. The van der Waals surface area contributed by atoms with Crippen LogP contribution in [0.3, 0.4) is 0 Å². The number of hydrogen-bond donors (Lipinski definition) is 2. The van der Waals surface area contributed by atoms with E-state index in [2.05, 4.69) is 15.0 Å². The number of hydrogen-bond acceptors (Lipinski definition) is 3. The van der Waals surface area contributed by atoms with E-state index in [4.69, 9.17) is 4.74 Å². The molecule has 3 rings (SSSR count). The summed E-state index contributed by atoms with van der Waals surface area (Å²) in [7, 11) is 1.61. The number of ether oxygens (including phenoxy) is 1. The first-order chi connectivity index (χ1) is 8.78. The lowest BCUT2D eigenvalue weighted by Gasteiger charge is -2.04. The lowest BCUT2D eigenvalue weighted by molar-refractivity contribution is 0.415. The molecule has 2 N–H and O–H groups in total. The summed E-state index contributed by atoms with van der Waals surface area (Å²) in [6.07, 6.45) is 3.30. The van der Waals surface area contributed by atoms with E-state index in [1.165, 1.54) is 0 Å². The van der Waals surface area contributed by atoms with E-state index in [-0.39, 0.29) is 5.56 Å². The van der Waals surface area contributed by atoms with Gasteiger partial charge in [-0.3, -0.25) is 4.79 Å². The fraction of sp³-hybridized carbons (Fsp3) is 0.0769. The van der Waals surface area contributed by atoms with Crippen LogP contribution in [0.15, 0.2) is 41.5 Å². The molecule has 0 aliphatic rings. The van der Waals surface area contributed by atoms with Crippen molar-refractivity contribution in [2.75, 3.05) is 7.11 Å². The third-order valence-corrected chi connectivity index (χ3v) is 2.80. The summed E-state index contributed by atoms with van der Waals surface area (Å²) in [6, 6.07) is 7.31. The van der Waals surface area contributed by atoms with Gasteiger partial charge in [0.1, 0.15) is 11.6 Å². The highest BCUT2D eigenvalue weighted by Gasteiger charge is 2.07. The molecule has 0 saturated heterocycles. The Bertz CT molecular complexity index is 745. The molecule has 0 unspecified atom stereocenters. The van der Waals surface area contributed by atoms with Gasteiger partial charge in [-0.1, -0.05) is 0 Å². The first-order valence-electron chi connectivity index (χ1n) is 5.49. The van der Waals surface area contributed by atoms with Crippen LogP contribution in [-0.2, 0) is 0 Å². The number of H-pyrrole nitrogens is 2. The molecule has 2 aromatic heterocycles. The van der Waals surface area contributed by atoms with Crippen LogP contribution in [0.5, 0.6) is 5.75 Å². The third kappa shape index (κ3) is 1.66. The molecule has 0 fully saturated rings. The highest BCUT2D eigenvalue weighted by atomic mass is 16.5. The molecular formula is C13H11N3O2. The predicted octanol–water partition coefficient (Wildman–Crippen LogP) is 1.93. The van der Waals surface area contributed by atoms with Crippen molar-refractivity contribution in [2.45, 2.75) is 0 Å². The molecular weight excluding hydrogens is 230 g/mol. The number of fused-ring (bicyclic) bond motifs is 1. The molecule has 1 aromatic carbocycles. The van der Waals surface area contributed by atoms with Gasteiger partial charge in [-0.05, 0) is 24.3 Å². The number of methoxy groups -OCH3 is 1. The summed E-state index contributed by atoms with van der Waals surface area (Å²) < 4.78 is 5.17. The maximum Gasteiger partial charge on any atom is 0.259 e. The second-order valence-corrected chi connectivity index (χ2v) is 3.90. The van der Waals surface area contributed by atoms with Crippen LogP contribution >= 0.6 is 0 Å². The van der Waals surface area contributed by atoms with Crippen molar-refractivity contribution < 1.29 is 4.74 Å². The highest BCUT2D eigenvalue weighted by molar-refractivity contribution is 5.83. The summed E-state index contributed by atoms with van der Waals surface area (Å²) in [5.74, 6) is 1.31. The van der Waals surface area contributed by atoms with Crippen LogP contribution in [-0.4, -0.2) is 22.1 Å². The van der Waals surface area contributed by atoms with Crippen molar-refractivity contribution >= 4 is 10.9 Å². The number of rotatable bonds is 2. The van der Waals surface area contributed by atoms with Crippen molar-refractivity contribution in [3.05, 3.63) is 47.0 Å². The van der Waals surface area contributed by atoms with Crippen molar-refractivity contribution in [2.24, 2.45) is 0 Å². The highest BCUT2D eigenvalue weighted by Crippen LogP contribution is 2.21. The molecule has 0 saturated carbocycles. The molecule has 0 aliphatic carbocycles. The zero-order valence-electron chi connectivity index (χ0n) is 9.73. The van der Waals surface area contributed by atoms with Crippen molar-refractivity contribution in [1.29, 1.82) is 0 Å². The molecule has 0 radical (unpaired) electrons. The number of imidazole rings is 1. The van der Waals surface area contributed by atoms with E-state index in [0.29, 0.717) is 11.4 Å². The largest absolute Gasteiger partial charge is 0.497 e. The minimum atomic E-state index is -0.164. The van der Waals surface area contributed by atoms with Gasteiger partial charge >= 0.3 is 0 Å². The molecule has 0 aliphatic heterocycles. The van der Waals surface area contributed by atoms with E-state index in [1.807, 2.05) is 18.2 Å². The van der Waals surface area contributed by atoms with Crippen LogP contribution in [0.4, 0.5) is 0 Å². The number of nitrogens with one attached hydrogen (secondary N) is 2. The zero-order valence-corrected chi connectivity index (χ0v) is 9.73. The van der Waals surface area contributed by atoms with E-state index in [0.717, 1.165) is 16.7 Å². The van der Waals surface area contributed by atoms with Crippen LogP contribution in [0.2, 0.25) is 0 Å². The maximum absolute atomic E-state index is 11.9. The normalized spacial score (nSPS) is 10.7. The lowest BCUT2D eigenvalue weighted by Crippen LogP contribution is -2.09. The van der Waals surface area contributed by atoms with Crippen LogP contribution in [0.25, 0.3) is 22.3 Å². The SMILES string of the molecule is COc1ccc2[nH]c(=O)c(-c3ncc[nH]3)cc2c1. The Morgan fingerprint density at radius 2 is 2.17 bits per heavy atom. The number of aromatic nitrogens is 3. The van der Waals surface area contributed by atoms with Crippen molar-refractivity contribution in [1.82, 2.24) is 15.0 Å². The van der Waals surface area contributed by atoms with Gasteiger partial charge in [-0.2, -0.15) is 0 Å². The van der Waals surface area contributed by atoms with Crippen LogP contribution in [0.1, 0.15) is 0 Å². The predicted molar refractivity (Wildman–Crippen MR) is 68.7 cm³/mol. The average molecular weight is 241 g/mol. The van der Waals surface area contributed by atoms with Gasteiger partial charge in [0, 0.05) is 23.3 Å². The molecule has 90 valence electrons. The maximum atomic E-state index is 11.9. The van der Waals surface area contributed by atoms with Gasteiger partial charge in [0.05, 0.1) is 12.7 Å². The van der Waals surface area contributed by atoms with Gasteiger partial charge in [-0.25, -0.2) is 4.98 Å². The Morgan fingerprint density at radius 3 is 2.89 bits per heavy atom. The van der Waals surface area contributed by atoms with E-state index >= 15 is 0 Å². The van der Waals surface area contributed by atoms with Crippen LogP contribution < -0.4 is 10.3 Å². The summed E-state index contributed by atoms with van der Waals surface area (Å²) in [4.78, 5) is 21.8. The molecule has 0 atom stereocenters. The second-order valence-electron chi connectivity index (χ2n) is 3.90. The Morgan fingerprint density at radius 1 is 1.28 bits per heavy atom. The van der Waals surface area contributed by atoms with Gasteiger partial charge in [-0.15, -0.1) is 0 Å². The quantitative estimate of drug-likeness (QED) is 0.720. The van der Waals surface area contributed by atoms with E-state index in [9.17, 15) is 4.79 Å². The van der Waals surface area contributed by atoms with Crippen LogP contribution in [0, 0.1) is 0 Å². The first kappa shape index (κ1) is 10.6. The summed E-state index contributed by atoms with van der Waals surface area (Å²) >= 11 is 0. The molecule has 5 nitrogen and oxygen atoms in total. The minimum Gasteiger partial charge on any atom is -0.497 e. The molecule has 2 heterocycles. The summed E-state index contributed by atoms with van der Waals surface area (Å²) in [5.41, 5.74) is 1.12. The Kier molecular flexibility index (Phi) is 2.37. The van der Waals surface area contributed by atoms with Gasteiger partial charge < -0.3 is 14.7 Å². The molecule has 0 amide bonds. The van der Waals surface area contributed by atoms with Crippen molar-refractivity contribution in [3.63, 3.8) is 0 Å². The number of aromatic amines is 2. The van der Waals surface area contributed by atoms with Gasteiger partial charge in [0.15, 0.2) is 0 Å². The zero-order chi connectivity index (χ0) is 12.5.